The molecule has 2 aliphatic heterocycles. The molecule has 170 valence electrons. The van der Waals surface area contributed by atoms with E-state index in [1.165, 1.54) is 49.5 Å². The molecule has 6 atom stereocenters. The van der Waals surface area contributed by atoms with Gasteiger partial charge in [0.05, 0.1) is 10.9 Å². The fourth-order valence-corrected chi connectivity index (χ4v) is 7.77. The van der Waals surface area contributed by atoms with Crippen LogP contribution in [-0.4, -0.2) is 43.7 Å². The van der Waals surface area contributed by atoms with Crippen LogP contribution in [0.1, 0.15) is 87.3 Å². The van der Waals surface area contributed by atoms with Gasteiger partial charge in [0.2, 0.25) is 5.82 Å². The average Bonchev–Trinajstić information content (AvgIpc) is 2.78. The first-order valence-corrected chi connectivity index (χ1v) is 12.6. The van der Waals surface area contributed by atoms with E-state index in [1.54, 1.807) is 18.2 Å². The molecule has 6 nitrogen and oxygen atoms in total. The topological polar surface area (TPSA) is 75.4 Å². The van der Waals surface area contributed by atoms with E-state index in [9.17, 15) is 14.7 Å². The van der Waals surface area contributed by atoms with Crippen molar-refractivity contribution in [3.8, 4) is 0 Å². The highest BCUT2D eigenvalue weighted by Crippen LogP contribution is 2.47. The molecule has 0 spiro atoms. The standard InChI is InChI=1S/C26H33N3O3/c30-25-22-9-1-2-10-23(22)27-24(26(31)32)29(25)21-14-18-7-4-8-19(15-21)28(18)20-12-16-5-3-6-17(11-16)13-20/h1-2,9-10,16-21H,3-8,11-15H2,(H,31,32)/t16-,17+,18-,19+,20?,21?. The number of carboxylic acid groups (broad SMARTS) is 1. The van der Waals surface area contributed by atoms with Gasteiger partial charge in [-0.1, -0.05) is 37.8 Å². The van der Waals surface area contributed by atoms with Gasteiger partial charge in [-0.2, -0.15) is 0 Å². The second-order valence-electron chi connectivity index (χ2n) is 10.8. The Morgan fingerprint density at radius 1 is 0.844 bits per heavy atom. The Morgan fingerprint density at radius 2 is 1.50 bits per heavy atom. The molecule has 0 radical (unpaired) electrons. The first-order chi connectivity index (χ1) is 15.6. The first-order valence-electron chi connectivity index (χ1n) is 12.6. The van der Waals surface area contributed by atoms with Crippen LogP contribution in [0.5, 0.6) is 0 Å². The summed E-state index contributed by atoms with van der Waals surface area (Å²) in [6.07, 6.45) is 13.6. The Balaban J connectivity index is 1.34. The van der Waals surface area contributed by atoms with Crippen LogP contribution in [0.4, 0.5) is 0 Å². The van der Waals surface area contributed by atoms with Gasteiger partial charge in [-0.05, 0) is 68.9 Å². The van der Waals surface area contributed by atoms with Gasteiger partial charge in [-0.15, -0.1) is 0 Å². The van der Waals surface area contributed by atoms with Gasteiger partial charge in [0.25, 0.3) is 5.56 Å². The summed E-state index contributed by atoms with van der Waals surface area (Å²) in [5.74, 6) is 0.590. The molecule has 1 aromatic heterocycles. The highest BCUT2D eigenvalue weighted by Gasteiger charge is 2.45. The van der Waals surface area contributed by atoms with Crippen molar-refractivity contribution in [3.05, 3.63) is 40.4 Å². The van der Waals surface area contributed by atoms with Gasteiger partial charge in [0.1, 0.15) is 0 Å². The number of fused-ring (bicyclic) bond motifs is 5. The highest BCUT2D eigenvalue weighted by molar-refractivity contribution is 5.87. The van der Waals surface area contributed by atoms with Crippen molar-refractivity contribution in [2.45, 2.75) is 94.8 Å². The second-order valence-corrected chi connectivity index (χ2v) is 10.8. The van der Waals surface area contributed by atoms with Crippen LogP contribution in [0.3, 0.4) is 0 Å². The molecule has 1 aromatic carbocycles. The van der Waals surface area contributed by atoms with Crippen LogP contribution in [0.2, 0.25) is 0 Å². The summed E-state index contributed by atoms with van der Waals surface area (Å²) in [4.78, 5) is 32.8. The fourth-order valence-electron chi connectivity index (χ4n) is 7.77. The summed E-state index contributed by atoms with van der Waals surface area (Å²) >= 11 is 0. The molecule has 32 heavy (non-hydrogen) atoms. The van der Waals surface area contributed by atoms with Crippen molar-refractivity contribution in [3.63, 3.8) is 0 Å². The Hall–Kier alpha value is -2.21. The molecule has 1 N–H and O–H groups in total. The van der Waals surface area contributed by atoms with Crippen molar-refractivity contribution in [2.75, 3.05) is 0 Å². The average molecular weight is 436 g/mol. The lowest BCUT2D eigenvalue weighted by Crippen LogP contribution is -2.58. The Bertz CT molecular complexity index is 1070. The number of benzene rings is 1. The van der Waals surface area contributed by atoms with E-state index in [0.717, 1.165) is 37.5 Å². The Kier molecular flexibility index (Phi) is 5.09. The quantitative estimate of drug-likeness (QED) is 0.761. The second kappa shape index (κ2) is 7.98. The minimum atomic E-state index is -1.11. The predicted molar refractivity (Wildman–Crippen MR) is 123 cm³/mol. The van der Waals surface area contributed by atoms with E-state index in [4.69, 9.17) is 0 Å². The molecule has 6 heteroatoms. The summed E-state index contributed by atoms with van der Waals surface area (Å²) in [7, 11) is 0. The molecule has 2 saturated heterocycles. The molecular weight excluding hydrogens is 402 g/mol. The van der Waals surface area contributed by atoms with Crippen LogP contribution in [0.15, 0.2) is 29.1 Å². The third-order valence-corrected chi connectivity index (χ3v) is 8.89. The van der Waals surface area contributed by atoms with E-state index in [1.807, 2.05) is 6.07 Å². The molecule has 2 aliphatic carbocycles. The lowest BCUT2D eigenvalue weighted by molar-refractivity contribution is -0.0494. The van der Waals surface area contributed by atoms with Crippen molar-refractivity contribution in [1.29, 1.82) is 0 Å². The molecule has 4 bridgehead atoms. The third-order valence-electron chi connectivity index (χ3n) is 8.89. The van der Waals surface area contributed by atoms with Crippen molar-refractivity contribution in [2.24, 2.45) is 11.8 Å². The van der Waals surface area contributed by atoms with Crippen LogP contribution >= 0.6 is 0 Å². The maximum atomic E-state index is 13.4. The number of piperidine rings is 2. The number of hydrogen-bond donors (Lipinski definition) is 1. The van der Waals surface area contributed by atoms with Crippen LogP contribution in [-0.2, 0) is 0 Å². The van der Waals surface area contributed by atoms with Crippen molar-refractivity contribution >= 4 is 16.9 Å². The minimum absolute atomic E-state index is 0.0830. The van der Waals surface area contributed by atoms with E-state index >= 15 is 0 Å². The fraction of sp³-hybridized carbons (Fsp3) is 0.654. The third kappa shape index (κ3) is 3.38. The van der Waals surface area contributed by atoms with Gasteiger partial charge >= 0.3 is 5.97 Å². The zero-order valence-electron chi connectivity index (χ0n) is 18.7. The smallest absolute Gasteiger partial charge is 0.372 e. The predicted octanol–water partition coefficient (Wildman–Crippen LogP) is 4.62. The van der Waals surface area contributed by atoms with Gasteiger partial charge < -0.3 is 5.11 Å². The van der Waals surface area contributed by atoms with Crippen LogP contribution < -0.4 is 5.56 Å². The number of rotatable bonds is 3. The molecular formula is C26H33N3O3. The molecule has 4 aliphatic rings. The summed E-state index contributed by atoms with van der Waals surface area (Å²) < 4.78 is 1.53. The largest absolute Gasteiger partial charge is 0.475 e. The summed E-state index contributed by atoms with van der Waals surface area (Å²) in [5, 5.41) is 10.4. The molecule has 6 rings (SSSR count). The first kappa shape index (κ1) is 20.4. The molecule has 4 fully saturated rings. The molecule has 2 unspecified atom stereocenters. The monoisotopic (exact) mass is 435 g/mol. The maximum absolute atomic E-state index is 13.4. The number of aromatic nitrogens is 2. The minimum Gasteiger partial charge on any atom is -0.475 e. The van der Waals surface area contributed by atoms with Gasteiger partial charge in [-0.3, -0.25) is 14.3 Å². The maximum Gasteiger partial charge on any atom is 0.372 e. The molecule has 2 aromatic rings. The van der Waals surface area contributed by atoms with Gasteiger partial charge in [0, 0.05) is 24.2 Å². The Morgan fingerprint density at radius 3 is 2.19 bits per heavy atom. The van der Waals surface area contributed by atoms with Crippen LogP contribution in [0, 0.1) is 11.8 Å². The number of para-hydroxylation sites is 1. The summed E-state index contributed by atoms with van der Waals surface area (Å²) in [6.45, 7) is 0. The molecule has 3 heterocycles. The zero-order chi connectivity index (χ0) is 21.8. The molecule has 0 amide bonds. The van der Waals surface area contributed by atoms with Crippen LogP contribution in [0.25, 0.3) is 10.9 Å². The lowest BCUT2D eigenvalue weighted by Gasteiger charge is -2.55. The highest BCUT2D eigenvalue weighted by atomic mass is 16.4. The summed E-state index contributed by atoms with van der Waals surface area (Å²) in [6, 6.07) is 8.63. The van der Waals surface area contributed by atoms with E-state index < -0.39 is 5.97 Å². The van der Waals surface area contributed by atoms with Crippen molar-refractivity contribution < 1.29 is 9.90 Å². The van der Waals surface area contributed by atoms with Crippen molar-refractivity contribution in [1.82, 2.24) is 14.5 Å². The Labute approximate surface area is 188 Å². The summed E-state index contributed by atoms with van der Waals surface area (Å²) in [5.41, 5.74) is 0.272. The van der Waals surface area contributed by atoms with E-state index in [-0.39, 0.29) is 17.4 Å². The van der Waals surface area contributed by atoms with E-state index in [0.29, 0.717) is 29.0 Å². The number of carbonyl (C=O) groups is 1. The van der Waals surface area contributed by atoms with E-state index in [2.05, 4.69) is 9.88 Å². The molecule has 2 saturated carbocycles. The SMILES string of the molecule is O=C(O)c1nc2ccccc2c(=O)n1C1C[C@H]2CCC[C@@H](C1)N2C1C[C@H]2CCC[C@@H](C1)C2. The zero-order valence-corrected chi connectivity index (χ0v) is 18.7. The van der Waals surface area contributed by atoms with Gasteiger partial charge in [0.15, 0.2) is 0 Å². The number of hydrogen-bond acceptors (Lipinski definition) is 4. The normalized spacial score (nSPS) is 35.0. The number of carboxylic acids is 1. The lowest BCUT2D eigenvalue weighted by atomic mass is 9.68. The number of aromatic carboxylic acids is 1. The number of nitrogens with zero attached hydrogens (tertiary/aromatic N) is 3. The van der Waals surface area contributed by atoms with Gasteiger partial charge in [-0.25, -0.2) is 9.78 Å².